The predicted octanol–water partition coefficient (Wildman–Crippen LogP) is 2.00. The Morgan fingerprint density at radius 3 is 2.72 bits per heavy atom. The Morgan fingerprint density at radius 1 is 1.28 bits per heavy atom. The molecule has 0 unspecified atom stereocenters. The molecule has 25 heavy (non-hydrogen) atoms. The summed E-state index contributed by atoms with van der Waals surface area (Å²) in [5, 5.41) is 0. The van der Waals surface area contributed by atoms with Gasteiger partial charge in [0.15, 0.2) is 0 Å². The molecule has 1 aliphatic heterocycles. The molecule has 2 aliphatic rings. The molecule has 1 atom stereocenters. The maximum absolute atomic E-state index is 13.1. The second kappa shape index (κ2) is 6.40. The minimum Gasteiger partial charge on any atom is -0.370 e. The Labute approximate surface area is 143 Å². The number of aromatic amines is 1. The van der Waals surface area contributed by atoms with Crippen molar-refractivity contribution >= 4 is 5.91 Å². The molecule has 0 spiro atoms. The summed E-state index contributed by atoms with van der Waals surface area (Å²) in [6, 6.07) is 6.02. The van der Waals surface area contributed by atoms with E-state index in [2.05, 4.69) is 9.97 Å². The van der Waals surface area contributed by atoms with Gasteiger partial charge in [-0.1, -0.05) is 12.1 Å². The highest BCUT2D eigenvalue weighted by Crippen LogP contribution is 2.37. The SMILES string of the molecule is O=C(c1cnc(C2CC2)[nH]c1=O)N1CCO[C@@H](c2ccc(F)cc2)C1. The molecule has 7 heteroatoms. The summed E-state index contributed by atoms with van der Waals surface area (Å²) in [6.45, 7) is 1.08. The topological polar surface area (TPSA) is 75.3 Å². The molecule has 2 aromatic rings. The standard InChI is InChI=1S/C18H18FN3O3/c19-13-5-3-11(4-6-13)15-10-22(7-8-25-15)18(24)14-9-20-16(12-1-2-12)21-17(14)23/h3-6,9,12,15H,1-2,7-8,10H2,(H,20,21,23)/t15-/m1/s1. The first-order valence-electron chi connectivity index (χ1n) is 8.37. The molecule has 1 aliphatic carbocycles. The Hall–Kier alpha value is -2.54. The van der Waals surface area contributed by atoms with Crippen molar-refractivity contribution in [2.24, 2.45) is 0 Å². The van der Waals surface area contributed by atoms with Crippen LogP contribution in [-0.4, -0.2) is 40.5 Å². The van der Waals surface area contributed by atoms with E-state index < -0.39 is 5.56 Å². The summed E-state index contributed by atoms with van der Waals surface area (Å²) in [6.07, 6.45) is 3.09. The number of nitrogens with one attached hydrogen (secondary N) is 1. The number of morpholine rings is 1. The molecule has 130 valence electrons. The van der Waals surface area contributed by atoms with Gasteiger partial charge in [0.25, 0.3) is 11.5 Å². The molecule has 1 saturated heterocycles. The van der Waals surface area contributed by atoms with Crippen molar-refractivity contribution < 1.29 is 13.9 Å². The number of carbonyl (C=O) groups is 1. The Morgan fingerprint density at radius 2 is 2.04 bits per heavy atom. The average molecular weight is 343 g/mol. The molecule has 1 amide bonds. The molecule has 6 nitrogen and oxygen atoms in total. The van der Waals surface area contributed by atoms with E-state index in [4.69, 9.17) is 4.74 Å². The lowest BCUT2D eigenvalue weighted by atomic mass is 10.1. The van der Waals surface area contributed by atoms with Gasteiger partial charge in [0.1, 0.15) is 23.3 Å². The van der Waals surface area contributed by atoms with E-state index in [0.29, 0.717) is 31.4 Å². The minimum absolute atomic E-state index is 0.0455. The monoisotopic (exact) mass is 343 g/mol. The molecule has 1 N–H and O–H groups in total. The molecule has 1 saturated carbocycles. The number of nitrogens with zero attached hydrogens (tertiary/aromatic N) is 2. The van der Waals surface area contributed by atoms with Crippen molar-refractivity contribution in [2.45, 2.75) is 24.9 Å². The van der Waals surface area contributed by atoms with Gasteiger partial charge in [0, 0.05) is 18.7 Å². The Kier molecular flexibility index (Phi) is 4.09. The van der Waals surface area contributed by atoms with Crippen molar-refractivity contribution in [1.29, 1.82) is 0 Å². The maximum atomic E-state index is 13.1. The third kappa shape index (κ3) is 3.32. The first-order valence-corrected chi connectivity index (χ1v) is 8.37. The maximum Gasteiger partial charge on any atom is 0.263 e. The van der Waals surface area contributed by atoms with Crippen LogP contribution in [-0.2, 0) is 4.74 Å². The normalized spacial score (nSPS) is 20.5. The summed E-state index contributed by atoms with van der Waals surface area (Å²) >= 11 is 0. The van der Waals surface area contributed by atoms with E-state index in [1.165, 1.54) is 18.3 Å². The second-order valence-electron chi connectivity index (χ2n) is 6.45. The molecule has 1 aromatic carbocycles. The number of aromatic nitrogens is 2. The van der Waals surface area contributed by atoms with Crippen LogP contribution in [0.2, 0.25) is 0 Å². The van der Waals surface area contributed by atoms with Crippen molar-refractivity contribution in [1.82, 2.24) is 14.9 Å². The molecular weight excluding hydrogens is 325 g/mol. The number of carbonyl (C=O) groups excluding carboxylic acids is 1. The van der Waals surface area contributed by atoms with E-state index in [1.54, 1.807) is 17.0 Å². The highest BCUT2D eigenvalue weighted by atomic mass is 19.1. The second-order valence-corrected chi connectivity index (χ2v) is 6.45. The van der Waals surface area contributed by atoms with Crippen LogP contribution in [0.5, 0.6) is 0 Å². The molecule has 0 radical (unpaired) electrons. The Balaban J connectivity index is 1.51. The van der Waals surface area contributed by atoms with Gasteiger partial charge in [-0.15, -0.1) is 0 Å². The molecule has 1 aromatic heterocycles. The molecule has 4 rings (SSSR count). The lowest BCUT2D eigenvalue weighted by Gasteiger charge is -2.33. The van der Waals surface area contributed by atoms with Gasteiger partial charge in [-0.25, -0.2) is 9.37 Å². The van der Waals surface area contributed by atoms with E-state index in [1.807, 2.05) is 0 Å². The van der Waals surface area contributed by atoms with Crippen LogP contribution in [0.15, 0.2) is 35.3 Å². The van der Waals surface area contributed by atoms with Crippen molar-refractivity contribution in [3.8, 4) is 0 Å². The number of halogens is 1. The first-order chi connectivity index (χ1) is 12.1. The number of amides is 1. The van der Waals surface area contributed by atoms with Crippen LogP contribution in [0.3, 0.4) is 0 Å². The fourth-order valence-electron chi connectivity index (χ4n) is 3.01. The van der Waals surface area contributed by atoms with E-state index >= 15 is 0 Å². The predicted molar refractivity (Wildman–Crippen MR) is 87.8 cm³/mol. The minimum atomic E-state index is -0.397. The van der Waals surface area contributed by atoms with E-state index in [0.717, 1.165) is 18.4 Å². The average Bonchev–Trinajstić information content (AvgIpc) is 3.47. The number of hydrogen-bond acceptors (Lipinski definition) is 4. The zero-order chi connectivity index (χ0) is 17.4. The highest BCUT2D eigenvalue weighted by molar-refractivity contribution is 5.93. The molecular formula is C18H18FN3O3. The van der Waals surface area contributed by atoms with Crippen LogP contribution >= 0.6 is 0 Å². The number of rotatable bonds is 3. The summed E-state index contributed by atoms with van der Waals surface area (Å²) in [5.74, 6) is 0.308. The largest absolute Gasteiger partial charge is 0.370 e. The lowest BCUT2D eigenvalue weighted by Crippen LogP contribution is -2.44. The van der Waals surface area contributed by atoms with Gasteiger partial charge in [-0.05, 0) is 30.5 Å². The van der Waals surface area contributed by atoms with Gasteiger partial charge < -0.3 is 14.6 Å². The summed E-state index contributed by atoms with van der Waals surface area (Å²) in [4.78, 5) is 33.5. The van der Waals surface area contributed by atoms with Crippen LogP contribution < -0.4 is 5.56 Å². The number of ether oxygens (including phenoxy) is 1. The van der Waals surface area contributed by atoms with E-state index in [9.17, 15) is 14.0 Å². The van der Waals surface area contributed by atoms with Gasteiger partial charge in [0.2, 0.25) is 0 Å². The third-order valence-corrected chi connectivity index (χ3v) is 4.61. The molecule has 0 bridgehead atoms. The lowest BCUT2D eigenvalue weighted by molar-refractivity contribution is -0.0229. The van der Waals surface area contributed by atoms with Gasteiger partial charge in [-0.3, -0.25) is 9.59 Å². The van der Waals surface area contributed by atoms with Gasteiger partial charge >= 0.3 is 0 Å². The molecule has 2 heterocycles. The number of H-pyrrole nitrogens is 1. The highest BCUT2D eigenvalue weighted by Gasteiger charge is 2.30. The van der Waals surface area contributed by atoms with Gasteiger partial charge in [-0.2, -0.15) is 0 Å². The Bertz CT molecular complexity index is 845. The van der Waals surface area contributed by atoms with Crippen molar-refractivity contribution in [3.63, 3.8) is 0 Å². The summed E-state index contributed by atoms with van der Waals surface area (Å²) < 4.78 is 18.8. The zero-order valence-electron chi connectivity index (χ0n) is 13.6. The third-order valence-electron chi connectivity index (χ3n) is 4.61. The first kappa shape index (κ1) is 16.0. The quantitative estimate of drug-likeness (QED) is 0.925. The van der Waals surface area contributed by atoms with Crippen LogP contribution in [0, 0.1) is 5.82 Å². The van der Waals surface area contributed by atoms with Crippen molar-refractivity contribution in [2.75, 3.05) is 19.7 Å². The van der Waals surface area contributed by atoms with Crippen LogP contribution in [0.4, 0.5) is 4.39 Å². The fourth-order valence-corrected chi connectivity index (χ4v) is 3.01. The zero-order valence-corrected chi connectivity index (χ0v) is 13.6. The number of hydrogen-bond donors (Lipinski definition) is 1. The molecule has 2 fully saturated rings. The smallest absolute Gasteiger partial charge is 0.263 e. The summed E-state index contributed by atoms with van der Waals surface area (Å²) in [5.41, 5.74) is 0.450. The van der Waals surface area contributed by atoms with Crippen LogP contribution in [0.25, 0.3) is 0 Å². The van der Waals surface area contributed by atoms with Gasteiger partial charge in [0.05, 0.1) is 13.2 Å². The van der Waals surface area contributed by atoms with Crippen molar-refractivity contribution in [3.05, 3.63) is 63.6 Å². The van der Waals surface area contributed by atoms with E-state index in [-0.39, 0.29) is 23.4 Å². The number of benzene rings is 1. The summed E-state index contributed by atoms with van der Waals surface area (Å²) in [7, 11) is 0. The fraction of sp³-hybridized carbons (Fsp3) is 0.389. The van der Waals surface area contributed by atoms with Crippen LogP contribution in [0.1, 0.15) is 46.6 Å².